The number of thiazole rings is 1. The van der Waals surface area contributed by atoms with E-state index in [1.165, 1.54) is 24.4 Å². The van der Waals surface area contributed by atoms with Gasteiger partial charge in [0.05, 0.1) is 22.5 Å². The van der Waals surface area contributed by atoms with Gasteiger partial charge in [0.15, 0.2) is 4.21 Å². The van der Waals surface area contributed by atoms with Gasteiger partial charge in [-0.3, -0.25) is 4.72 Å². The minimum absolute atomic E-state index is 0.00585. The molecule has 1 heterocycles. The van der Waals surface area contributed by atoms with Gasteiger partial charge in [-0.1, -0.05) is 11.6 Å². The fraction of sp³-hybridized carbons (Fsp3) is 0.0909. The second kappa shape index (κ2) is 5.39. The smallest absolute Gasteiger partial charge is 0.337 e. The molecule has 0 amide bonds. The summed E-state index contributed by atoms with van der Waals surface area (Å²) in [7, 11) is -3.88. The number of aromatic carboxylic acids is 1. The molecule has 6 nitrogen and oxygen atoms in total. The average molecular weight is 333 g/mol. The van der Waals surface area contributed by atoms with Crippen LogP contribution in [0.1, 0.15) is 15.4 Å². The monoisotopic (exact) mass is 332 g/mol. The second-order valence-corrected chi connectivity index (χ2v) is 7.38. The van der Waals surface area contributed by atoms with E-state index in [4.69, 9.17) is 16.7 Å². The number of nitrogens with zero attached hydrogens (tertiary/aromatic N) is 1. The molecular formula is C11H9ClN2O4S2. The van der Waals surface area contributed by atoms with Gasteiger partial charge < -0.3 is 5.11 Å². The standard InChI is InChI=1S/C11H9ClN2O4S2/c1-6-13-5-10(19-6)20(17,18)14-9-4-7(12)2-3-8(9)11(15)16/h2-5,14H,1H3,(H,15,16). The van der Waals surface area contributed by atoms with Crippen molar-refractivity contribution in [1.82, 2.24) is 4.98 Å². The van der Waals surface area contributed by atoms with E-state index in [2.05, 4.69) is 9.71 Å². The van der Waals surface area contributed by atoms with Gasteiger partial charge in [-0.15, -0.1) is 11.3 Å². The highest BCUT2D eigenvalue weighted by atomic mass is 35.5. The Morgan fingerprint density at radius 3 is 2.70 bits per heavy atom. The third-order valence-corrected chi connectivity index (χ3v) is 5.30. The molecular weight excluding hydrogens is 324 g/mol. The molecule has 9 heteroatoms. The van der Waals surface area contributed by atoms with Crippen LogP contribution in [0.4, 0.5) is 5.69 Å². The van der Waals surface area contributed by atoms with E-state index < -0.39 is 16.0 Å². The van der Waals surface area contributed by atoms with Crippen LogP contribution in [-0.4, -0.2) is 24.5 Å². The van der Waals surface area contributed by atoms with Gasteiger partial charge in [-0.2, -0.15) is 0 Å². The Morgan fingerprint density at radius 2 is 2.15 bits per heavy atom. The summed E-state index contributed by atoms with van der Waals surface area (Å²) in [4.78, 5) is 14.9. The van der Waals surface area contributed by atoms with E-state index in [-0.39, 0.29) is 20.5 Å². The van der Waals surface area contributed by atoms with Crippen LogP contribution < -0.4 is 4.72 Å². The van der Waals surface area contributed by atoms with Gasteiger partial charge in [0.25, 0.3) is 10.0 Å². The summed E-state index contributed by atoms with van der Waals surface area (Å²) in [6, 6.07) is 3.86. The maximum atomic E-state index is 12.1. The Balaban J connectivity index is 2.44. The molecule has 0 radical (unpaired) electrons. The van der Waals surface area contributed by atoms with Gasteiger partial charge in [0.2, 0.25) is 0 Å². The van der Waals surface area contributed by atoms with Gasteiger partial charge in [-0.05, 0) is 25.1 Å². The lowest BCUT2D eigenvalue weighted by atomic mass is 10.2. The largest absolute Gasteiger partial charge is 0.478 e. The quantitative estimate of drug-likeness (QED) is 0.897. The fourth-order valence-corrected chi connectivity index (χ4v) is 3.80. The number of carbonyl (C=O) groups is 1. The molecule has 2 N–H and O–H groups in total. The van der Waals surface area contributed by atoms with Crippen LogP contribution in [-0.2, 0) is 10.0 Å². The Bertz CT molecular complexity index is 770. The van der Waals surface area contributed by atoms with Gasteiger partial charge in [0, 0.05) is 5.02 Å². The predicted octanol–water partition coefficient (Wildman–Crippen LogP) is 2.60. The van der Waals surface area contributed by atoms with Gasteiger partial charge in [-0.25, -0.2) is 18.2 Å². The molecule has 0 fully saturated rings. The van der Waals surface area contributed by atoms with Gasteiger partial charge in [0.1, 0.15) is 0 Å². The summed E-state index contributed by atoms with van der Waals surface area (Å²) in [6.45, 7) is 1.67. The van der Waals surface area contributed by atoms with Crippen molar-refractivity contribution in [3.63, 3.8) is 0 Å². The highest BCUT2D eigenvalue weighted by Gasteiger charge is 2.20. The lowest BCUT2D eigenvalue weighted by Crippen LogP contribution is -2.14. The van der Waals surface area contributed by atoms with Crippen LogP contribution >= 0.6 is 22.9 Å². The Kier molecular flexibility index (Phi) is 3.98. The summed E-state index contributed by atoms with van der Waals surface area (Å²) in [6.07, 6.45) is 1.22. The SMILES string of the molecule is Cc1ncc(S(=O)(=O)Nc2cc(Cl)ccc2C(=O)O)s1. The first-order valence-corrected chi connectivity index (χ1v) is 7.95. The van der Waals surface area contributed by atoms with Crippen molar-refractivity contribution in [2.24, 2.45) is 0 Å². The van der Waals surface area contributed by atoms with Crippen LogP contribution in [0.3, 0.4) is 0 Å². The number of rotatable bonds is 4. The molecule has 0 atom stereocenters. The normalized spacial score (nSPS) is 11.3. The number of anilines is 1. The molecule has 0 aliphatic carbocycles. The molecule has 0 aliphatic heterocycles. The topological polar surface area (TPSA) is 96.4 Å². The highest BCUT2D eigenvalue weighted by Crippen LogP contribution is 2.26. The maximum absolute atomic E-state index is 12.1. The number of aromatic nitrogens is 1. The number of carboxylic acid groups (broad SMARTS) is 1. The van der Waals surface area contributed by atoms with Crippen LogP contribution in [0.2, 0.25) is 5.02 Å². The Labute approximate surface area is 124 Å². The van der Waals surface area contributed by atoms with E-state index in [9.17, 15) is 13.2 Å². The van der Waals surface area contributed by atoms with Crippen molar-refractivity contribution >= 4 is 44.6 Å². The number of sulfonamides is 1. The molecule has 0 aliphatic rings. The number of nitrogens with one attached hydrogen (secondary N) is 1. The van der Waals surface area contributed by atoms with Crippen LogP contribution in [0.25, 0.3) is 0 Å². The van der Waals surface area contributed by atoms with E-state index in [0.29, 0.717) is 5.01 Å². The molecule has 0 bridgehead atoms. The van der Waals surface area contributed by atoms with Crippen LogP contribution in [0.5, 0.6) is 0 Å². The Morgan fingerprint density at radius 1 is 1.45 bits per heavy atom. The first-order valence-electron chi connectivity index (χ1n) is 5.28. The first kappa shape index (κ1) is 14.8. The third kappa shape index (κ3) is 3.09. The Hall–Kier alpha value is -1.64. The summed E-state index contributed by atoms with van der Waals surface area (Å²) >= 11 is 6.75. The summed E-state index contributed by atoms with van der Waals surface area (Å²) in [5, 5.41) is 9.86. The average Bonchev–Trinajstić information content (AvgIpc) is 2.75. The molecule has 0 unspecified atom stereocenters. The zero-order valence-electron chi connectivity index (χ0n) is 10.1. The number of halogens is 1. The minimum atomic E-state index is -3.88. The maximum Gasteiger partial charge on any atom is 0.337 e. The lowest BCUT2D eigenvalue weighted by Gasteiger charge is -2.09. The summed E-state index contributed by atoms with van der Waals surface area (Å²) < 4.78 is 26.5. The van der Waals surface area contributed by atoms with Crippen molar-refractivity contribution in [2.45, 2.75) is 11.1 Å². The first-order chi connectivity index (χ1) is 9.29. The van der Waals surface area contributed by atoms with E-state index >= 15 is 0 Å². The van der Waals surface area contributed by atoms with E-state index in [0.717, 1.165) is 11.3 Å². The van der Waals surface area contributed by atoms with E-state index in [1.807, 2.05) is 0 Å². The van der Waals surface area contributed by atoms with Crippen LogP contribution in [0.15, 0.2) is 28.6 Å². The van der Waals surface area contributed by atoms with Crippen molar-refractivity contribution < 1.29 is 18.3 Å². The molecule has 1 aromatic carbocycles. The van der Waals surface area contributed by atoms with E-state index in [1.54, 1.807) is 6.92 Å². The zero-order chi connectivity index (χ0) is 14.9. The number of benzene rings is 1. The van der Waals surface area contributed by atoms with Gasteiger partial charge >= 0.3 is 5.97 Å². The summed E-state index contributed by atoms with van der Waals surface area (Å²) in [5.74, 6) is -1.25. The number of hydrogen-bond acceptors (Lipinski definition) is 5. The van der Waals surface area contributed by atoms with Crippen molar-refractivity contribution in [3.05, 3.63) is 40.0 Å². The molecule has 1 aromatic heterocycles. The molecule has 2 rings (SSSR count). The molecule has 2 aromatic rings. The molecule has 0 saturated heterocycles. The summed E-state index contributed by atoms with van der Waals surface area (Å²) in [5.41, 5.74) is -0.268. The zero-order valence-corrected chi connectivity index (χ0v) is 12.5. The number of carboxylic acids is 1. The van der Waals surface area contributed by atoms with Crippen molar-refractivity contribution in [3.8, 4) is 0 Å². The van der Waals surface area contributed by atoms with Crippen LogP contribution in [0, 0.1) is 6.92 Å². The fourth-order valence-electron chi connectivity index (χ4n) is 1.45. The molecule has 0 spiro atoms. The lowest BCUT2D eigenvalue weighted by molar-refractivity contribution is 0.0698. The molecule has 106 valence electrons. The number of aryl methyl sites for hydroxylation is 1. The third-order valence-electron chi connectivity index (χ3n) is 2.32. The van der Waals surface area contributed by atoms with Crippen molar-refractivity contribution in [1.29, 1.82) is 0 Å². The van der Waals surface area contributed by atoms with Crippen molar-refractivity contribution in [2.75, 3.05) is 4.72 Å². The molecule has 20 heavy (non-hydrogen) atoms. The molecule has 0 saturated carbocycles. The minimum Gasteiger partial charge on any atom is -0.478 e. The number of hydrogen-bond donors (Lipinski definition) is 2. The highest BCUT2D eigenvalue weighted by molar-refractivity contribution is 7.94. The second-order valence-electron chi connectivity index (χ2n) is 3.80. The predicted molar refractivity (Wildman–Crippen MR) is 76.1 cm³/mol.